The fraction of sp³-hybridized carbons (Fsp3) is 0.385. The zero-order valence-electron chi connectivity index (χ0n) is 9.76. The summed E-state index contributed by atoms with van der Waals surface area (Å²) in [6.45, 7) is 1.94. The molecule has 1 rings (SSSR count). The summed E-state index contributed by atoms with van der Waals surface area (Å²) in [5.41, 5.74) is 0.671. The van der Waals surface area contributed by atoms with Crippen molar-refractivity contribution in [1.29, 1.82) is 0 Å². The number of esters is 1. The first kappa shape index (κ1) is 13.4. The molecule has 1 N–H and O–H groups in total. The van der Waals surface area contributed by atoms with Gasteiger partial charge in [-0.2, -0.15) is 0 Å². The molecule has 1 atom stereocenters. The highest BCUT2D eigenvalue weighted by molar-refractivity contribution is 5.95. The van der Waals surface area contributed by atoms with Crippen molar-refractivity contribution in [1.82, 2.24) is 0 Å². The molecule has 0 bridgehead atoms. The SMILES string of the molecule is CCOC(=O)CC(=O)C[C@@H](O)c1ccccc1. The Morgan fingerprint density at radius 1 is 1.29 bits per heavy atom. The van der Waals surface area contributed by atoms with E-state index in [4.69, 9.17) is 0 Å². The van der Waals surface area contributed by atoms with Gasteiger partial charge in [0.2, 0.25) is 0 Å². The van der Waals surface area contributed by atoms with E-state index in [1.54, 1.807) is 31.2 Å². The molecule has 0 unspecified atom stereocenters. The summed E-state index contributed by atoms with van der Waals surface area (Å²) >= 11 is 0. The lowest BCUT2D eigenvalue weighted by molar-refractivity contribution is -0.145. The number of rotatable bonds is 6. The third kappa shape index (κ3) is 4.78. The predicted octanol–water partition coefficient (Wildman–Crippen LogP) is 1.63. The van der Waals surface area contributed by atoms with E-state index in [-0.39, 0.29) is 25.2 Å². The highest BCUT2D eigenvalue weighted by atomic mass is 16.5. The normalized spacial score (nSPS) is 11.9. The van der Waals surface area contributed by atoms with Crippen molar-refractivity contribution in [2.75, 3.05) is 6.61 Å². The lowest BCUT2D eigenvalue weighted by atomic mass is 10.0. The van der Waals surface area contributed by atoms with E-state index in [9.17, 15) is 14.7 Å². The first-order valence-corrected chi connectivity index (χ1v) is 5.53. The molecule has 0 heterocycles. The van der Waals surface area contributed by atoms with Gasteiger partial charge in [0.05, 0.1) is 12.7 Å². The zero-order valence-corrected chi connectivity index (χ0v) is 9.76. The molecule has 0 amide bonds. The van der Waals surface area contributed by atoms with E-state index in [1.807, 2.05) is 6.07 Å². The molecular formula is C13H16O4. The number of hydrogen-bond acceptors (Lipinski definition) is 4. The topological polar surface area (TPSA) is 63.6 Å². The lowest BCUT2D eigenvalue weighted by Gasteiger charge is -2.09. The number of aliphatic hydroxyl groups is 1. The minimum Gasteiger partial charge on any atom is -0.466 e. The number of ketones is 1. The van der Waals surface area contributed by atoms with Crippen molar-refractivity contribution in [2.24, 2.45) is 0 Å². The van der Waals surface area contributed by atoms with E-state index in [1.165, 1.54) is 0 Å². The maximum Gasteiger partial charge on any atom is 0.313 e. The number of hydrogen-bond donors (Lipinski definition) is 1. The van der Waals surface area contributed by atoms with Gasteiger partial charge in [0.25, 0.3) is 0 Å². The third-order valence-corrected chi connectivity index (χ3v) is 2.25. The Balaban J connectivity index is 2.44. The summed E-state index contributed by atoms with van der Waals surface area (Å²) in [5.74, 6) is -0.863. The molecule has 17 heavy (non-hydrogen) atoms. The molecule has 0 aliphatic heterocycles. The monoisotopic (exact) mass is 236 g/mol. The predicted molar refractivity (Wildman–Crippen MR) is 62.3 cm³/mol. The van der Waals surface area contributed by atoms with Crippen LogP contribution < -0.4 is 0 Å². The quantitative estimate of drug-likeness (QED) is 0.602. The number of benzene rings is 1. The van der Waals surface area contributed by atoms with Crippen LogP contribution in [0.4, 0.5) is 0 Å². The standard InChI is InChI=1S/C13H16O4/c1-2-17-13(16)9-11(14)8-12(15)10-6-4-3-5-7-10/h3-7,12,15H,2,8-9H2,1H3/t12-/m1/s1. The average Bonchev–Trinajstić information content (AvgIpc) is 2.30. The number of Topliss-reactive ketones (excluding diaryl/α,β-unsaturated/α-hetero) is 1. The molecule has 0 saturated carbocycles. The zero-order chi connectivity index (χ0) is 12.7. The maximum atomic E-state index is 11.5. The summed E-state index contributed by atoms with van der Waals surface area (Å²) in [7, 11) is 0. The fourth-order valence-corrected chi connectivity index (χ4v) is 1.45. The van der Waals surface area contributed by atoms with E-state index in [0.717, 1.165) is 0 Å². The fourth-order valence-electron chi connectivity index (χ4n) is 1.45. The molecule has 0 radical (unpaired) electrons. The van der Waals surface area contributed by atoms with E-state index in [2.05, 4.69) is 4.74 Å². The van der Waals surface area contributed by atoms with Crippen LogP contribution in [0, 0.1) is 0 Å². The molecule has 0 fully saturated rings. The van der Waals surface area contributed by atoms with Crippen LogP contribution in [0.5, 0.6) is 0 Å². The van der Waals surface area contributed by atoms with Crippen LogP contribution in [0.15, 0.2) is 30.3 Å². The van der Waals surface area contributed by atoms with Gasteiger partial charge in [-0.25, -0.2) is 0 Å². The van der Waals surface area contributed by atoms with Gasteiger partial charge in [-0.1, -0.05) is 30.3 Å². The first-order valence-electron chi connectivity index (χ1n) is 5.53. The molecule has 1 aromatic rings. The Morgan fingerprint density at radius 3 is 2.53 bits per heavy atom. The number of carbonyl (C=O) groups excluding carboxylic acids is 2. The number of carbonyl (C=O) groups is 2. The van der Waals surface area contributed by atoms with Crippen molar-refractivity contribution in [3.05, 3.63) is 35.9 Å². The van der Waals surface area contributed by atoms with Gasteiger partial charge in [0.15, 0.2) is 0 Å². The molecule has 0 aliphatic rings. The van der Waals surface area contributed by atoms with Crippen LogP contribution in [-0.4, -0.2) is 23.5 Å². The molecule has 0 spiro atoms. The third-order valence-electron chi connectivity index (χ3n) is 2.25. The van der Waals surface area contributed by atoms with Gasteiger partial charge in [-0.15, -0.1) is 0 Å². The summed E-state index contributed by atoms with van der Waals surface area (Å²) in [5, 5.41) is 9.76. The second-order valence-corrected chi connectivity index (χ2v) is 3.65. The molecule has 0 aliphatic carbocycles. The van der Waals surface area contributed by atoms with E-state index >= 15 is 0 Å². The molecular weight excluding hydrogens is 220 g/mol. The van der Waals surface area contributed by atoms with E-state index < -0.39 is 12.1 Å². The second kappa shape index (κ2) is 6.81. The van der Waals surface area contributed by atoms with Gasteiger partial charge >= 0.3 is 5.97 Å². The van der Waals surface area contributed by atoms with Crippen LogP contribution >= 0.6 is 0 Å². The van der Waals surface area contributed by atoms with E-state index in [0.29, 0.717) is 5.56 Å². The van der Waals surface area contributed by atoms with Crippen molar-refractivity contribution >= 4 is 11.8 Å². The highest BCUT2D eigenvalue weighted by Gasteiger charge is 2.16. The summed E-state index contributed by atoms with van der Waals surface area (Å²) in [6, 6.07) is 8.88. The highest BCUT2D eigenvalue weighted by Crippen LogP contribution is 2.16. The van der Waals surface area contributed by atoms with Crippen molar-refractivity contribution in [3.63, 3.8) is 0 Å². The Kier molecular flexibility index (Phi) is 5.36. The first-order chi connectivity index (χ1) is 8.13. The summed E-state index contributed by atoms with van der Waals surface area (Å²) < 4.78 is 4.66. The Morgan fingerprint density at radius 2 is 1.94 bits per heavy atom. The Labute approximate surface area is 100 Å². The number of aliphatic hydroxyl groups excluding tert-OH is 1. The molecule has 92 valence electrons. The van der Waals surface area contributed by atoms with Crippen molar-refractivity contribution in [3.8, 4) is 0 Å². The average molecular weight is 236 g/mol. The largest absolute Gasteiger partial charge is 0.466 e. The van der Waals surface area contributed by atoms with Gasteiger partial charge in [-0.3, -0.25) is 9.59 Å². The molecule has 1 aromatic carbocycles. The minimum absolute atomic E-state index is 0.0666. The Hall–Kier alpha value is -1.68. The molecule has 4 heteroatoms. The molecule has 0 saturated heterocycles. The summed E-state index contributed by atoms with van der Waals surface area (Å²) in [4.78, 5) is 22.5. The van der Waals surface area contributed by atoms with Gasteiger partial charge in [0, 0.05) is 6.42 Å². The van der Waals surface area contributed by atoms with Crippen LogP contribution in [0.2, 0.25) is 0 Å². The Bertz CT molecular complexity index is 372. The van der Waals surface area contributed by atoms with Crippen LogP contribution in [0.1, 0.15) is 31.4 Å². The van der Waals surface area contributed by atoms with Crippen molar-refractivity contribution < 1.29 is 19.4 Å². The van der Waals surface area contributed by atoms with Gasteiger partial charge in [0.1, 0.15) is 12.2 Å². The molecule has 4 nitrogen and oxygen atoms in total. The summed E-state index contributed by atoms with van der Waals surface area (Å²) in [6.07, 6.45) is -1.21. The maximum absolute atomic E-state index is 11.5. The molecule has 0 aromatic heterocycles. The van der Waals surface area contributed by atoms with Crippen molar-refractivity contribution in [2.45, 2.75) is 25.9 Å². The minimum atomic E-state index is -0.863. The van der Waals surface area contributed by atoms with Gasteiger partial charge < -0.3 is 9.84 Å². The van der Waals surface area contributed by atoms with Crippen LogP contribution in [0.25, 0.3) is 0 Å². The lowest BCUT2D eigenvalue weighted by Crippen LogP contribution is -2.13. The smallest absolute Gasteiger partial charge is 0.313 e. The van der Waals surface area contributed by atoms with Crippen LogP contribution in [-0.2, 0) is 14.3 Å². The second-order valence-electron chi connectivity index (χ2n) is 3.65. The number of ether oxygens (including phenoxy) is 1. The van der Waals surface area contributed by atoms with Crippen LogP contribution in [0.3, 0.4) is 0 Å². The van der Waals surface area contributed by atoms with Gasteiger partial charge in [-0.05, 0) is 12.5 Å².